The molecular formula is C12H11N3O. The largest absolute Gasteiger partial charge is 0.290 e. The molecule has 4 heteroatoms. The molecule has 80 valence electrons. The Labute approximate surface area is 93.1 Å². The molecule has 0 aliphatic carbocycles. The molecule has 0 saturated carbocycles. The highest BCUT2D eigenvalue weighted by Gasteiger charge is 2.03. The summed E-state index contributed by atoms with van der Waals surface area (Å²) in [5, 5.41) is 0. The van der Waals surface area contributed by atoms with E-state index in [-0.39, 0.29) is 5.91 Å². The van der Waals surface area contributed by atoms with E-state index in [4.69, 9.17) is 5.84 Å². The number of nitrogens with zero attached hydrogens (tertiary/aromatic N) is 1. The molecule has 0 fully saturated rings. The van der Waals surface area contributed by atoms with Gasteiger partial charge in [-0.05, 0) is 29.3 Å². The highest BCUT2D eigenvalue weighted by molar-refractivity contribution is 5.94. The molecular weight excluding hydrogens is 202 g/mol. The van der Waals surface area contributed by atoms with Crippen LogP contribution in [0.3, 0.4) is 0 Å². The van der Waals surface area contributed by atoms with Gasteiger partial charge in [-0.2, -0.15) is 0 Å². The van der Waals surface area contributed by atoms with Crippen LogP contribution in [0.15, 0.2) is 48.8 Å². The first-order chi connectivity index (χ1) is 7.81. The van der Waals surface area contributed by atoms with Gasteiger partial charge in [0.15, 0.2) is 0 Å². The van der Waals surface area contributed by atoms with Gasteiger partial charge in [0.25, 0.3) is 5.91 Å². The zero-order valence-corrected chi connectivity index (χ0v) is 8.55. The lowest BCUT2D eigenvalue weighted by atomic mass is 10.1. The third-order valence-electron chi connectivity index (χ3n) is 2.27. The molecule has 0 aliphatic heterocycles. The Morgan fingerprint density at radius 2 is 1.88 bits per heavy atom. The molecule has 4 nitrogen and oxygen atoms in total. The molecule has 0 aliphatic rings. The van der Waals surface area contributed by atoms with Crippen molar-refractivity contribution in [1.29, 1.82) is 0 Å². The van der Waals surface area contributed by atoms with E-state index in [1.165, 1.54) is 0 Å². The van der Waals surface area contributed by atoms with Gasteiger partial charge < -0.3 is 0 Å². The van der Waals surface area contributed by atoms with Gasteiger partial charge in [0, 0.05) is 18.0 Å². The monoisotopic (exact) mass is 213 g/mol. The zero-order chi connectivity index (χ0) is 11.4. The Morgan fingerprint density at radius 1 is 1.12 bits per heavy atom. The number of hydrazine groups is 1. The molecule has 0 radical (unpaired) electrons. The predicted octanol–water partition coefficient (Wildman–Crippen LogP) is 1.35. The van der Waals surface area contributed by atoms with Crippen LogP contribution >= 0.6 is 0 Å². The molecule has 16 heavy (non-hydrogen) atoms. The molecule has 1 heterocycles. The Hall–Kier alpha value is -2.20. The van der Waals surface area contributed by atoms with Crippen LogP contribution in [0, 0.1) is 0 Å². The summed E-state index contributed by atoms with van der Waals surface area (Å²) in [7, 11) is 0. The van der Waals surface area contributed by atoms with Gasteiger partial charge in [0.2, 0.25) is 0 Å². The summed E-state index contributed by atoms with van der Waals surface area (Å²) in [6.45, 7) is 0. The van der Waals surface area contributed by atoms with E-state index in [0.29, 0.717) is 5.56 Å². The number of hydrogen-bond donors (Lipinski definition) is 2. The third kappa shape index (κ3) is 2.07. The van der Waals surface area contributed by atoms with Crippen LogP contribution in [-0.4, -0.2) is 10.9 Å². The minimum atomic E-state index is -0.294. The summed E-state index contributed by atoms with van der Waals surface area (Å²) in [6, 6.07) is 11.0. The summed E-state index contributed by atoms with van der Waals surface area (Å²) in [5.41, 5.74) is 4.66. The van der Waals surface area contributed by atoms with Crippen LogP contribution < -0.4 is 11.3 Å². The number of nitrogen functional groups attached to an aromatic ring is 1. The number of amides is 1. The molecule has 1 aromatic heterocycles. The second kappa shape index (κ2) is 4.55. The van der Waals surface area contributed by atoms with Crippen LogP contribution in [0.25, 0.3) is 11.1 Å². The number of nitrogens with one attached hydrogen (secondary N) is 1. The van der Waals surface area contributed by atoms with Crippen LogP contribution in [0.2, 0.25) is 0 Å². The van der Waals surface area contributed by atoms with Crippen LogP contribution in [0.5, 0.6) is 0 Å². The first-order valence-electron chi connectivity index (χ1n) is 4.82. The Kier molecular flexibility index (Phi) is 2.93. The number of pyridine rings is 1. The SMILES string of the molecule is NNC(=O)c1ccc(-c2cccnc2)cc1. The molecule has 1 amide bonds. The third-order valence-corrected chi connectivity index (χ3v) is 2.27. The number of rotatable bonds is 2. The van der Waals surface area contributed by atoms with Gasteiger partial charge in [-0.3, -0.25) is 15.2 Å². The smallest absolute Gasteiger partial charge is 0.265 e. The maximum atomic E-state index is 11.2. The molecule has 0 unspecified atom stereocenters. The van der Waals surface area contributed by atoms with Gasteiger partial charge in [0.05, 0.1) is 0 Å². The van der Waals surface area contributed by atoms with Crippen molar-refractivity contribution < 1.29 is 4.79 Å². The van der Waals surface area contributed by atoms with Crippen molar-refractivity contribution >= 4 is 5.91 Å². The van der Waals surface area contributed by atoms with E-state index in [0.717, 1.165) is 11.1 Å². The molecule has 0 bridgehead atoms. The highest BCUT2D eigenvalue weighted by Crippen LogP contribution is 2.18. The van der Waals surface area contributed by atoms with Crippen LogP contribution in [-0.2, 0) is 0 Å². The molecule has 1 aromatic carbocycles. The van der Waals surface area contributed by atoms with E-state index in [1.807, 2.05) is 24.3 Å². The summed E-state index contributed by atoms with van der Waals surface area (Å²) >= 11 is 0. The average Bonchev–Trinajstić information content (AvgIpc) is 2.39. The lowest BCUT2D eigenvalue weighted by Gasteiger charge is -2.02. The fraction of sp³-hybridized carbons (Fsp3) is 0. The van der Waals surface area contributed by atoms with E-state index >= 15 is 0 Å². The summed E-state index contributed by atoms with van der Waals surface area (Å²) in [4.78, 5) is 15.2. The minimum Gasteiger partial charge on any atom is -0.290 e. The van der Waals surface area contributed by atoms with Crippen molar-refractivity contribution in [1.82, 2.24) is 10.4 Å². The van der Waals surface area contributed by atoms with Gasteiger partial charge in [-0.25, -0.2) is 5.84 Å². The number of carbonyl (C=O) groups excluding carboxylic acids is 1. The minimum absolute atomic E-state index is 0.294. The maximum absolute atomic E-state index is 11.2. The molecule has 2 rings (SSSR count). The van der Waals surface area contributed by atoms with E-state index in [2.05, 4.69) is 10.4 Å². The fourth-order valence-electron chi connectivity index (χ4n) is 1.43. The molecule has 0 saturated heterocycles. The van der Waals surface area contributed by atoms with E-state index in [9.17, 15) is 4.79 Å². The number of aromatic nitrogens is 1. The Balaban J connectivity index is 2.30. The average molecular weight is 213 g/mol. The second-order valence-corrected chi connectivity index (χ2v) is 3.29. The first-order valence-corrected chi connectivity index (χ1v) is 4.82. The van der Waals surface area contributed by atoms with Gasteiger partial charge in [-0.1, -0.05) is 18.2 Å². The summed E-state index contributed by atoms with van der Waals surface area (Å²) in [6.07, 6.45) is 3.50. The fourth-order valence-corrected chi connectivity index (χ4v) is 1.43. The van der Waals surface area contributed by atoms with Crippen molar-refractivity contribution in [3.63, 3.8) is 0 Å². The molecule has 2 aromatic rings. The van der Waals surface area contributed by atoms with Gasteiger partial charge >= 0.3 is 0 Å². The normalized spacial score (nSPS) is 9.81. The summed E-state index contributed by atoms with van der Waals surface area (Å²) in [5.74, 6) is 4.75. The van der Waals surface area contributed by atoms with Crippen molar-refractivity contribution in [2.24, 2.45) is 5.84 Å². The standard InChI is InChI=1S/C12H11N3O/c13-15-12(16)10-5-3-9(4-6-10)11-2-1-7-14-8-11/h1-8H,13H2,(H,15,16). The molecule has 3 N–H and O–H groups in total. The number of nitrogens with two attached hydrogens (primary N) is 1. The topological polar surface area (TPSA) is 68.0 Å². The molecule has 0 spiro atoms. The van der Waals surface area contributed by atoms with Crippen LogP contribution in [0.4, 0.5) is 0 Å². The van der Waals surface area contributed by atoms with Crippen molar-refractivity contribution in [2.75, 3.05) is 0 Å². The predicted molar refractivity (Wildman–Crippen MR) is 61.3 cm³/mol. The molecule has 0 atom stereocenters. The number of carbonyl (C=O) groups is 1. The Morgan fingerprint density at radius 3 is 2.44 bits per heavy atom. The van der Waals surface area contributed by atoms with Crippen LogP contribution in [0.1, 0.15) is 10.4 Å². The zero-order valence-electron chi connectivity index (χ0n) is 8.55. The quantitative estimate of drug-likeness (QED) is 0.449. The van der Waals surface area contributed by atoms with Gasteiger partial charge in [0.1, 0.15) is 0 Å². The van der Waals surface area contributed by atoms with Gasteiger partial charge in [-0.15, -0.1) is 0 Å². The number of benzene rings is 1. The highest BCUT2D eigenvalue weighted by atomic mass is 16.2. The lowest BCUT2D eigenvalue weighted by Crippen LogP contribution is -2.29. The number of hydrogen-bond acceptors (Lipinski definition) is 3. The summed E-state index contributed by atoms with van der Waals surface area (Å²) < 4.78 is 0. The maximum Gasteiger partial charge on any atom is 0.265 e. The lowest BCUT2D eigenvalue weighted by molar-refractivity contribution is 0.0953. The second-order valence-electron chi connectivity index (χ2n) is 3.29. The Bertz CT molecular complexity index is 479. The van der Waals surface area contributed by atoms with Crippen molar-refractivity contribution in [3.05, 3.63) is 54.4 Å². The first kappa shape index (κ1) is 10.3. The van der Waals surface area contributed by atoms with E-state index < -0.39 is 0 Å². The van der Waals surface area contributed by atoms with Crippen molar-refractivity contribution in [2.45, 2.75) is 0 Å². The van der Waals surface area contributed by atoms with Crippen molar-refractivity contribution in [3.8, 4) is 11.1 Å². The van der Waals surface area contributed by atoms with E-state index in [1.54, 1.807) is 24.5 Å².